The molecule has 0 bridgehead atoms. The van der Waals surface area contributed by atoms with E-state index in [2.05, 4.69) is 10.3 Å². The quantitative estimate of drug-likeness (QED) is 0.632. The summed E-state index contributed by atoms with van der Waals surface area (Å²) in [6.45, 7) is 2.35. The molecule has 19 heavy (non-hydrogen) atoms. The first-order valence-corrected chi connectivity index (χ1v) is 5.95. The summed E-state index contributed by atoms with van der Waals surface area (Å²) in [4.78, 5) is 4.04. The summed E-state index contributed by atoms with van der Waals surface area (Å²) in [5.41, 5.74) is 1.55. The van der Waals surface area contributed by atoms with Gasteiger partial charge in [-0.3, -0.25) is 4.98 Å². The van der Waals surface area contributed by atoms with Crippen molar-refractivity contribution in [1.29, 1.82) is 0 Å². The summed E-state index contributed by atoms with van der Waals surface area (Å²) >= 11 is 0. The second-order valence-corrected chi connectivity index (χ2v) is 4.33. The molecule has 2 rings (SSSR count). The topological polar surface area (TPSA) is 85.6 Å². The van der Waals surface area contributed by atoms with Gasteiger partial charge in [-0.1, -0.05) is 12.1 Å². The van der Waals surface area contributed by atoms with Crippen LogP contribution in [0.2, 0.25) is 0 Å². The minimum Gasteiger partial charge on any atom is -0.504 e. The third-order valence-corrected chi connectivity index (χ3v) is 3.00. The summed E-state index contributed by atoms with van der Waals surface area (Å²) in [7, 11) is 0. The largest absolute Gasteiger partial charge is 0.504 e. The van der Waals surface area contributed by atoms with Crippen LogP contribution in [0.15, 0.2) is 36.7 Å². The number of nitrogens with zero attached hydrogens (tertiary/aromatic N) is 1. The molecule has 4 N–H and O–H groups in total. The van der Waals surface area contributed by atoms with Crippen LogP contribution in [-0.4, -0.2) is 20.3 Å². The molecule has 0 aliphatic rings. The first-order valence-electron chi connectivity index (χ1n) is 5.95. The normalized spacial score (nSPS) is 12.3. The predicted octanol–water partition coefficient (Wildman–Crippen LogP) is 2.05. The molecule has 0 aliphatic heterocycles. The number of phenols is 3. The van der Waals surface area contributed by atoms with E-state index in [1.54, 1.807) is 18.5 Å². The summed E-state index contributed by atoms with van der Waals surface area (Å²) in [6, 6.07) is 6.79. The standard InChI is InChI=1S/C14H16N2O3/c1-9(10-3-2-6-15-7-10)16-8-11-4-5-12(17)14(19)13(11)18/h2-7,9,16-19H,8H2,1H3/t9-/m0/s1. The smallest absolute Gasteiger partial charge is 0.200 e. The second-order valence-electron chi connectivity index (χ2n) is 4.33. The van der Waals surface area contributed by atoms with Crippen LogP contribution in [0.25, 0.3) is 0 Å². The monoisotopic (exact) mass is 260 g/mol. The molecule has 0 aliphatic carbocycles. The first kappa shape index (κ1) is 13.2. The van der Waals surface area contributed by atoms with Gasteiger partial charge in [-0.2, -0.15) is 0 Å². The molecule has 0 saturated heterocycles. The van der Waals surface area contributed by atoms with E-state index >= 15 is 0 Å². The zero-order chi connectivity index (χ0) is 13.8. The van der Waals surface area contributed by atoms with Crippen LogP contribution in [0, 0.1) is 0 Å². The molecule has 0 saturated carbocycles. The van der Waals surface area contributed by atoms with Crippen molar-refractivity contribution in [2.45, 2.75) is 19.5 Å². The lowest BCUT2D eigenvalue weighted by molar-refractivity contribution is 0.363. The van der Waals surface area contributed by atoms with Gasteiger partial charge in [0, 0.05) is 30.5 Å². The Morgan fingerprint density at radius 3 is 2.63 bits per heavy atom. The lowest BCUT2D eigenvalue weighted by atomic mass is 10.1. The number of aromatic nitrogens is 1. The van der Waals surface area contributed by atoms with Gasteiger partial charge in [0.05, 0.1) is 0 Å². The summed E-state index contributed by atoms with van der Waals surface area (Å²) in [5.74, 6) is -1.12. The van der Waals surface area contributed by atoms with E-state index < -0.39 is 5.75 Å². The number of hydrogen-bond donors (Lipinski definition) is 4. The molecule has 0 radical (unpaired) electrons. The molecule has 5 nitrogen and oxygen atoms in total. The van der Waals surface area contributed by atoms with Crippen molar-refractivity contribution in [3.05, 3.63) is 47.8 Å². The van der Waals surface area contributed by atoms with Gasteiger partial charge >= 0.3 is 0 Å². The average molecular weight is 260 g/mol. The summed E-state index contributed by atoms with van der Waals surface area (Å²) < 4.78 is 0. The lowest BCUT2D eigenvalue weighted by Gasteiger charge is -2.15. The highest BCUT2D eigenvalue weighted by Gasteiger charge is 2.12. The highest BCUT2D eigenvalue weighted by Crippen LogP contribution is 2.37. The van der Waals surface area contributed by atoms with E-state index in [4.69, 9.17) is 0 Å². The van der Waals surface area contributed by atoms with Gasteiger partial charge < -0.3 is 20.6 Å². The van der Waals surface area contributed by atoms with E-state index in [1.165, 1.54) is 6.07 Å². The second kappa shape index (κ2) is 5.58. The molecule has 1 aromatic carbocycles. The van der Waals surface area contributed by atoms with Crippen molar-refractivity contribution in [2.24, 2.45) is 0 Å². The van der Waals surface area contributed by atoms with Crippen molar-refractivity contribution >= 4 is 0 Å². The molecule has 100 valence electrons. The Bertz CT molecular complexity index is 558. The van der Waals surface area contributed by atoms with Crippen LogP contribution in [0.5, 0.6) is 17.2 Å². The fraction of sp³-hybridized carbons (Fsp3) is 0.214. The van der Waals surface area contributed by atoms with Crippen molar-refractivity contribution in [3.8, 4) is 17.2 Å². The van der Waals surface area contributed by atoms with Crippen molar-refractivity contribution in [3.63, 3.8) is 0 Å². The number of pyridine rings is 1. The maximum Gasteiger partial charge on any atom is 0.200 e. The minimum absolute atomic E-state index is 0.0593. The van der Waals surface area contributed by atoms with Gasteiger partial charge in [-0.05, 0) is 24.6 Å². The Balaban J connectivity index is 2.05. The van der Waals surface area contributed by atoms with Crippen LogP contribution in [0.1, 0.15) is 24.1 Å². The number of nitrogens with one attached hydrogen (secondary N) is 1. The molecule has 0 spiro atoms. The number of aromatic hydroxyl groups is 3. The van der Waals surface area contributed by atoms with E-state index in [1.807, 2.05) is 19.1 Å². The molecule has 2 aromatic rings. The van der Waals surface area contributed by atoms with E-state index in [-0.39, 0.29) is 17.5 Å². The summed E-state index contributed by atoms with van der Waals surface area (Å²) in [5, 5.41) is 31.6. The Morgan fingerprint density at radius 2 is 1.95 bits per heavy atom. The molecule has 1 atom stereocenters. The number of rotatable bonds is 4. The molecule has 5 heteroatoms. The molecule has 0 unspecified atom stereocenters. The van der Waals surface area contributed by atoms with E-state index in [0.717, 1.165) is 5.56 Å². The Labute approximate surface area is 111 Å². The van der Waals surface area contributed by atoms with Gasteiger partial charge in [0.2, 0.25) is 5.75 Å². The molecular formula is C14H16N2O3. The fourth-order valence-corrected chi connectivity index (χ4v) is 1.77. The van der Waals surface area contributed by atoms with Gasteiger partial charge in [0.15, 0.2) is 11.5 Å². The van der Waals surface area contributed by atoms with Gasteiger partial charge in [-0.25, -0.2) is 0 Å². The van der Waals surface area contributed by atoms with Crippen LogP contribution in [0.3, 0.4) is 0 Å². The molecule has 0 amide bonds. The van der Waals surface area contributed by atoms with Gasteiger partial charge in [-0.15, -0.1) is 0 Å². The van der Waals surface area contributed by atoms with Gasteiger partial charge in [0.25, 0.3) is 0 Å². The SMILES string of the molecule is C[C@H](NCc1ccc(O)c(O)c1O)c1cccnc1. The highest BCUT2D eigenvalue weighted by molar-refractivity contribution is 5.53. The van der Waals surface area contributed by atoms with Crippen LogP contribution in [-0.2, 0) is 6.54 Å². The van der Waals surface area contributed by atoms with Crippen molar-refractivity contribution < 1.29 is 15.3 Å². The Morgan fingerprint density at radius 1 is 1.16 bits per heavy atom. The third-order valence-electron chi connectivity index (χ3n) is 3.00. The molecule has 1 heterocycles. The lowest BCUT2D eigenvalue weighted by Crippen LogP contribution is -2.18. The van der Waals surface area contributed by atoms with Gasteiger partial charge in [0.1, 0.15) is 0 Å². The average Bonchev–Trinajstić information content (AvgIpc) is 2.45. The zero-order valence-corrected chi connectivity index (χ0v) is 10.5. The summed E-state index contributed by atoms with van der Waals surface area (Å²) in [6.07, 6.45) is 3.48. The molecule has 0 fully saturated rings. The Hall–Kier alpha value is -2.27. The van der Waals surface area contributed by atoms with E-state index in [9.17, 15) is 15.3 Å². The maximum atomic E-state index is 9.70. The van der Waals surface area contributed by atoms with E-state index in [0.29, 0.717) is 12.1 Å². The minimum atomic E-state index is -0.492. The highest BCUT2D eigenvalue weighted by atomic mass is 16.3. The van der Waals surface area contributed by atoms with Crippen molar-refractivity contribution in [1.82, 2.24) is 10.3 Å². The zero-order valence-electron chi connectivity index (χ0n) is 10.5. The van der Waals surface area contributed by atoms with Crippen molar-refractivity contribution in [2.75, 3.05) is 0 Å². The third kappa shape index (κ3) is 2.95. The first-order chi connectivity index (χ1) is 9.09. The maximum absolute atomic E-state index is 9.70. The number of hydrogen-bond acceptors (Lipinski definition) is 5. The molecular weight excluding hydrogens is 244 g/mol. The fourth-order valence-electron chi connectivity index (χ4n) is 1.77. The van der Waals surface area contributed by atoms with Crippen LogP contribution in [0.4, 0.5) is 0 Å². The number of phenolic OH excluding ortho intramolecular Hbond substituents is 3. The number of benzene rings is 1. The van der Waals surface area contributed by atoms with Crippen LogP contribution >= 0.6 is 0 Å². The Kier molecular flexibility index (Phi) is 3.87. The van der Waals surface area contributed by atoms with Crippen LogP contribution < -0.4 is 5.32 Å². The predicted molar refractivity (Wildman–Crippen MR) is 70.9 cm³/mol. The molecule has 1 aromatic heterocycles.